The normalized spacial score (nSPS) is 18.2. The van der Waals surface area contributed by atoms with Crippen molar-refractivity contribution in [3.05, 3.63) is 0 Å². The fourth-order valence-electron chi connectivity index (χ4n) is 2.20. The number of piperidine rings is 1. The second-order valence-corrected chi connectivity index (χ2v) is 4.74. The molecule has 0 aromatic heterocycles. The fourth-order valence-corrected chi connectivity index (χ4v) is 2.20. The molecule has 1 heterocycles. The second-order valence-electron chi connectivity index (χ2n) is 4.74. The van der Waals surface area contributed by atoms with Crippen LogP contribution in [0.25, 0.3) is 0 Å². The van der Waals surface area contributed by atoms with Crippen LogP contribution in [-0.2, 0) is 19.1 Å². The topological polar surface area (TPSA) is 81.9 Å². The van der Waals surface area contributed by atoms with E-state index in [2.05, 4.69) is 0 Å². The molecule has 1 fully saturated rings. The average molecular weight is 272 g/mol. The predicted molar refractivity (Wildman–Crippen MR) is 70.4 cm³/mol. The highest BCUT2D eigenvalue weighted by molar-refractivity contribution is 5.82. The summed E-state index contributed by atoms with van der Waals surface area (Å²) in [6, 6.07) is -0.515. The lowest BCUT2D eigenvalue weighted by atomic mass is 9.96. The number of nitrogens with zero attached hydrogens (tertiary/aromatic N) is 1. The van der Waals surface area contributed by atoms with Gasteiger partial charge >= 0.3 is 5.97 Å². The molecule has 19 heavy (non-hydrogen) atoms. The lowest BCUT2D eigenvalue weighted by Gasteiger charge is -2.32. The molecular formula is C13H24N2O4. The van der Waals surface area contributed by atoms with E-state index in [4.69, 9.17) is 15.2 Å². The molecule has 1 unspecified atom stereocenters. The number of carbonyl (C=O) groups excluding carboxylic acids is 2. The van der Waals surface area contributed by atoms with Crippen molar-refractivity contribution in [3.8, 4) is 0 Å². The minimum absolute atomic E-state index is 0.0561. The van der Waals surface area contributed by atoms with Crippen LogP contribution in [0.3, 0.4) is 0 Å². The molecule has 0 aromatic carbocycles. The Morgan fingerprint density at radius 2 is 2.00 bits per heavy atom. The van der Waals surface area contributed by atoms with E-state index < -0.39 is 6.04 Å². The Hall–Kier alpha value is -1.14. The van der Waals surface area contributed by atoms with Crippen LogP contribution in [0.4, 0.5) is 0 Å². The monoisotopic (exact) mass is 272 g/mol. The molecule has 0 spiro atoms. The van der Waals surface area contributed by atoms with Gasteiger partial charge in [0.25, 0.3) is 0 Å². The van der Waals surface area contributed by atoms with Gasteiger partial charge in [-0.1, -0.05) is 0 Å². The van der Waals surface area contributed by atoms with E-state index in [1.54, 1.807) is 18.9 Å². The molecule has 0 saturated carbocycles. The van der Waals surface area contributed by atoms with Crippen LogP contribution in [0, 0.1) is 5.92 Å². The standard InChI is InChI=1S/C13H24N2O4/c1-3-19-13(17)10-4-7-15(8-5-10)12(16)11(14)6-9-18-2/h10-11H,3-9,14H2,1-2H3. The minimum atomic E-state index is -0.515. The number of carbonyl (C=O) groups is 2. The number of rotatable bonds is 6. The van der Waals surface area contributed by atoms with Crippen LogP contribution in [0.1, 0.15) is 26.2 Å². The van der Waals surface area contributed by atoms with Crippen LogP contribution < -0.4 is 5.73 Å². The molecule has 110 valence electrons. The van der Waals surface area contributed by atoms with Gasteiger partial charge in [-0.3, -0.25) is 9.59 Å². The maximum atomic E-state index is 12.0. The van der Waals surface area contributed by atoms with Gasteiger partial charge in [0.2, 0.25) is 5.91 Å². The zero-order chi connectivity index (χ0) is 14.3. The van der Waals surface area contributed by atoms with Gasteiger partial charge in [0.1, 0.15) is 0 Å². The number of esters is 1. The van der Waals surface area contributed by atoms with Crippen molar-refractivity contribution in [3.63, 3.8) is 0 Å². The molecule has 2 N–H and O–H groups in total. The zero-order valence-corrected chi connectivity index (χ0v) is 11.8. The molecule has 1 saturated heterocycles. The molecule has 6 heteroatoms. The first-order valence-corrected chi connectivity index (χ1v) is 6.80. The van der Waals surface area contributed by atoms with Crippen molar-refractivity contribution >= 4 is 11.9 Å². The van der Waals surface area contributed by atoms with Gasteiger partial charge in [-0.25, -0.2) is 0 Å². The van der Waals surface area contributed by atoms with E-state index in [0.29, 0.717) is 45.6 Å². The third kappa shape index (κ3) is 4.80. The molecule has 1 atom stereocenters. The molecule has 0 aromatic rings. The van der Waals surface area contributed by atoms with Crippen molar-refractivity contribution in [1.82, 2.24) is 4.90 Å². The number of likely N-dealkylation sites (tertiary alicyclic amines) is 1. The quantitative estimate of drug-likeness (QED) is 0.696. The summed E-state index contributed by atoms with van der Waals surface area (Å²) in [6.07, 6.45) is 1.83. The number of hydrogen-bond donors (Lipinski definition) is 1. The van der Waals surface area contributed by atoms with Gasteiger partial charge in [0.15, 0.2) is 0 Å². The minimum Gasteiger partial charge on any atom is -0.466 e. The Morgan fingerprint density at radius 1 is 1.37 bits per heavy atom. The number of ether oxygens (including phenoxy) is 2. The number of nitrogens with two attached hydrogens (primary N) is 1. The Morgan fingerprint density at radius 3 is 2.53 bits per heavy atom. The van der Waals surface area contributed by atoms with Crippen molar-refractivity contribution in [2.75, 3.05) is 33.4 Å². The SMILES string of the molecule is CCOC(=O)C1CCN(C(=O)C(N)CCOC)CC1. The van der Waals surface area contributed by atoms with Crippen LogP contribution in [0.5, 0.6) is 0 Å². The number of hydrogen-bond acceptors (Lipinski definition) is 5. The fraction of sp³-hybridized carbons (Fsp3) is 0.846. The van der Waals surface area contributed by atoms with Crippen LogP contribution in [-0.4, -0.2) is 56.2 Å². The van der Waals surface area contributed by atoms with Crippen molar-refractivity contribution in [2.24, 2.45) is 11.7 Å². The summed E-state index contributed by atoms with van der Waals surface area (Å²) in [4.78, 5) is 25.4. The predicted octanol–water partition coefficient (Wildman–Crippen LogP) is 0.152. The molecule has 0 aliphatic carbocycles. The van der Waals surface area contributed by atoms with Crippen molar-refractivity contribution in [2.45, 2.75) is 32.2 Å². The highest BCUT2D eigenvalue weighted by atomic mass is 16.5. The lowest BCUT2D eigenvalue weighted by molar-refractivity contribution is -0.151. The Kier molecular flexibility index (Phi) is 6.80. The Bertz CT molecular complexity index is 301. The largest absolute Gasteiger partial charge is 0.466 e. The highest BCUT2D eigenvalue weighted by Crippen LogP contribution is 2.19. The van der Waals surface area contributed by atoms with Crippen LogP contribution >= 0.6 is 0 Å². The summed E-state index contributed by atoms with van der Waals surface area (Å²) in [6.45, 7) is 3.82. The molecule has 1 aliphatic heterocycles. The van der Waals surface area contributed by atoms with Gasteiger partial charge in [-0.05, 0) is 26.2 Å². The summed E-state index contributed by atoms with van der Waals surface area (Å²) < 4.78 is 9.91. The highest BCUT2D eigenvalue weighted by Gasteiger charge is 2.29. The molecule has 0 radical (unpaired) electrons. The van der Waals surface area contributed by atoms with Gasteiger partial charge in [0, 0.05) is 26.8 Å². The van der Waals surface area contributed by atoms with E-state index >= 15 is 0 Å². The van der Waals surface area contributed by atoms with Gasteiger partial charge < -0.3 is 20.1 Å². The zero-order valence-electron chi connectivity index (χ0n) is 11.8. The van der Waals surface area contributed by atoms with Crippen LogP contribution in [0.15, 0.2) is 0 Å². The summed E-state index contributed by atoms with van der Waals surface area (Å²) in [5.41, 5.74) is 5.81. The summed E-state index contributed by atoms with van der Waals surface area (Å²) in [7, 11) is 1.59. The maximum absolute atomic E-state index is 12.0. The molecule has 1 aliphatic rings. The molecule has 1 rings (SSSR count). The maximum Gasteiger partial charge on any atom is 0.309 e. The second kappa shape index (κ2) is 8.12. The number of methoxy groups -OCH3 is 1. The van der Waals surface area contributed by atoms with E-state index in [9.17, 15) is 9.59 Å². The van der Waals surface area contributed by atoms with E-state index in [0.717, 1.165) is 0 Å². The summed E-state index contributed by atoms with van der Waals surface area (Å²) >= 11 is 0. The smallest absolute Gasteiger partial charge is 0.309 e. The Balaban J connectivity index is 2.36. The van der Waals surface area contributed by atoms with Crippen molar-refractivity contribution < 1.29 is 19.1 Å². The van der Waals surface area contributed by atoms with Gasteiger partial charge in [0.05, 0.1) is 18.6 Å². The van der Waals surface area contributed by atoms with E-state index in [-0.39, 0.29) is 17.8 Å². The first-order valence-electron chi connectivity index (χ1n) is 6.80. The molecule has 1 amide bonds. The number of amides is 1. The Labute approximate surface area is 114 Å². The average Bonchev–Trinajstić information content (AvgIpc) is 2.44. The summed E-state index contributed by atoms with van der Waals surface area (Å²) in [5.74, 6) is -0.295. The van der Waals surface area contributed by atoms with E-state index in [1.165, 1.54) is 0 Å². The third-order valence-electron chi connectivity index (χ3n) is 3.38. The molecular weight excluding hydrogens is 248 g/mol. The first kappa shape index (κ1) is 15.9. The van der Waals surface area contributed by atoms with E-state index in [1.807, 2.05) is 0 Å². The lowest BCUT2D eigenvalue weighted by Crippen LogP contribution is -2.48. The molecule has 0 bridgehead atoms. The third-order valence-corrected chi connectivity index (χ3v) is 3.38. The van der Waals surface area contributed by atoms with Gasteiger partial charge in [-0.15, -0.1) is 0 Å². The summed E-state index contributed by atoms with van der Waals surface area (Å²) in [5, 5.41) is 0. The van der Waals surface area contributed by atoms with Gasteiger partial charge in [-0.2, -0.15) is 0 Å². The molecule has 6 nitrogen and oxygen atoms in total. The van der Waals surface area contributed by atoms with Crippen LogP contribution in [0.2, 0.25) is 0 Å². The first-order chi connectivity index (χ1) is 9.10. The van der Waals surface area contributed by atoms with Crippen molar-refractivity contribution in [1.29, 1.82) is 0 Å².